The van der Waals surface area contributed by atoms with E-state index in [9.17, 15) is 9.59 Å². The van der Waals surface area contributed by atoms with Gasteiger partial charge in [0.15, 0.2) is 11.5 Å². The fourth-order valence-corrected chi connectivity index (χ4v) is 5.00. The van der Waals surface area contributed by atoms with Crippen LogP contribution in [0.25, 0.3) is 0 Å². The molecule has 3 rings (SSSR count). The number of rotatable bonds is 13. The maximum atomic E-state index is 13.7. The average Bonchev–Trinajstić information content (AvgIpc) is 2.90. The molecule has 0 radical (unpaired) electrons. The van der Waals surface area contributed by atoms with Crippen LogP contribution < -0.4 is 14.8 Å². The Morgan fingerprint density at radius 2 is 1.57 bits per heavy atom. The molecule has 0 bridgehead atoms. The van der Waals surface area contributed by atoms with E-state index < -0.39 is 6.04 Å². The van der Waals surface area contributed by atoms with Crippen molar-refractivity contribution in [2.45, 2.75) is 97.7 Å². The zero-order valence-electron chi connectivity index (χ0n) is 23.1. The van der Waals surface area contributed by atoms with Gasteiger partial charge in [0.1, 0.15) is 6.04 Å². The Labute approximate surface area is 222 Å². The minimum Gasteiger partial charge on any atom is -0.490 e. The molecule has 0 heterocycles. The summed E-state index contributed by atoms with van der Waals surface area (Å²) < 4.78 is 11.4. The first-order chi connectivity index (χ1) is 17.9. The second-order valence-electron chi connectivity index (χ2n) is 9.92. The van der Waals surface area contributed by atoms with E-state index in [-0.39, 0.29) is 17.9 Å². The Balaban J connectivity index is 1.76. The number of benzene rings is 2. The van der Waals surface area contributed by atoms with Crippen molar-refractivity contribution in [1.82, 2.24) is 10.2 Å². The number of ether oxygens (including phenoxy) is 2. The molecule has 1 N–H and O–H groups in total. The number of amides is 2. The van der Waals surface area contributed by atoms with Crippen molar-refractivity contribution in [3.8, 4) is 11.5 Å². The van der Waals surface area contributed by atoms with Gasteiger partial charge in [-0.15, -0.1) is 0 Å². The number of aryl methyl sites for hydroxylation is 2. The molecule has 1 aliphatic rings. The topological polar surface area (TPSA) is 67.9 Å². The highest BCUT2D eigenvalue weighted by Crippen LogP contribution is 2.29. The SMILES string of the molecule is CCOc1ccc(CCC(=O)N(Cc2ccc(C)cc2)C(CC)C(=O)NC2CCCCC2)cc1OCC. The molecule has 0 saturated heterocycles. The highest BCUT2D eigenvalue weighted by molar-refractivity contribution is 5.88. The van der Waals surface area contributed by atoms with E-state index in [0.717, 1.165) is 36.8 Å². The van der Waals surface area contributed by atoms with Crippen molar-refractivity contribution >= 4 is 11.8 Å². The highest BCUT2D eigenvalue weighted by atomic mass is 16.5. The summed E-state index contributed by atoms with van der Waals surface area (Å²) in [6, 6.07) is 13.8. The van der Waals surface area contributed by atoms with Crippen LogP contribution in [0.5, 0.6) is 11.5 Å². The number of nitrogens with one attached hydrogen (secondary N) is 1. The molecule has 6 nitrogen and oxygen atoms in total. The molecule has 1 fully saturated rings. The lowest BCUT2D eigenvalue weighted by Crippen LogP contribution is -2.51. The Kier molecular flexibility index (Phi) is 11.3. The molecule has 2 aromatic rings. The van der Waals surface area contributed by atoms with Crippen LogP contribution in [0, 0.1) is 6.92 Å². The minimum absolute atomic E-state index is 0.0157. The normalized spacial score (nSPS) is 14.6. The molecule has 202 valence electrons. The van der Waals surface area contributed by atoms with Gasteiger partial charge >= 0.3 is 0 Å². The van der Waals surface area contributed by atoms with Gasteiger partial charge in [-0.05, 0) is 69.7 Å². The van der Waals surface area contributed by atoms with Crippen molar-refractivity contribution in [2.24, 2.45) is 0 Å². The molecule has 6 heteroatoms. The Morgan fingerprint density at radius 1 is 0.919 bits per heavy atom. The van der Waals surface area contributed by atoms with E-state index in [0.29, 0.717) is 50.5 Å². The molecule has 2 aromatic carbocycles. The summed E-state index contributed by atoms with van der Waals surface area (Å²) in [4.78, 5) is 28.8. The lowest BCUT2D eigenvalue weighted by molar-refractivity contribution is -0.141. The zero-order valence-corrected chi connectivity index (χ0v) is 23.1. The third-order valence-electron chi connectivity index (χ3n) is 7.05. The Morgan fingerprint density at radius 3 is 2.22 bits per heavy atom. The predicted molar refractivity (Wildman–Crippen MR) is 148 cm³/mol. The van der Waals surface area contributed by atoms with Crippen molar-refractivity contribution in [2.75, 3.05) is 13.2 Å². The predicted octanol–water partition coefficient (Wildman–Crippen LogP) is 5.98. The zero-order chi connectivity index (χ0) is 26.6. The Bertz CT molecular complexity index is 999. The first kappa shape index (κ1) is 28.5. The molecule has 0 aromatic heterocycles. The summed E-state index contributed by atoms with van der Waals surface area (Å²) in [5.74, 6) is 1.36. The van der Waals surface area contributed by atoms with Gasteiger partial charge in [-0.25, -0.2) is 0 Å². The van der Waals surface area contributed by atoms with E-state index in [1.54, 1.807) is 4.90 Å². The van der Waals surface area contributed by atoms with Crippen LogP contribution in [0.3, 0.4) is 0 Å². The summed E-state index contributed by atoms with van der Waals surface area (Å²) in [5, 5.41) is 3.25. The van der Waals surface area contributed by atoms with Gasteiger partial charge in [-0.1, -0.05) is 62.1 Å². The Hall–Kier alpha value is -3.02. The first-order valence-corrected chi connectivity index (χ1v) is 14.0. The fourth-order valence-electron chi connectivity index (χ4n) is 5.00. The summed E-state index contributed by atoms with van der Waals surface area (Å²) in [6.45, 7) is 9.45. The number of nitrogens with zero attached hydrogens (tertiary/aromatic N) is 1. The second kappa shape index (κ2) is 14.7. The van der Waals surface area contributed by atoms with Crippen LogP contribution in [0.4, 0.5) is 0 Å². The standard InChI is InChI=1S/C31H44N2O4/c1-5-27(31(35)32-26-11-9-8-10-12-26)33(22-25-15-13-23(4)14-16-25)30(34)20-18-24-17-19-28(36-6-2)29(21-24)37-7-3/h13-17,19,21,26-27H,5-12,18,20,22H2,1-4H3,(H,32,35). The fraction of sp³-hybridized carbons (Fsp3) is 0.548. The second-order valence-corrected chi connectivity index (χ2v) is 9.92. The van der Waals surface area contributed by atoms with E-state index in [4.69, 9.17) is 9.47 Å². The smallest absolute Gasteiger partial charge is 0.243 e. The van der Waals surface area contributed by atoms with Crippen molar-refractivity contribution in [1.29, 1.82) is 0 Å². The highest BCUT2D eigenvalue weighted by Gasteiger charge is 2.30. The summed E-state index contributed by atoms with van der Waals surface area (Å²) in [6.07, 6.45) is 7.04. The van der Waals surface area contributed by atoms with Crippen LogP contribution in [0.15, 0.2) is 42.5 Å². The third kappa shape index (κ3) is 8.51. The molecule has 2 amide bonds. The molecule has 1 unspecified atom stereocenters. The largest absolute Gasteiger partial charge is 0.490 e. The minimum atomic E-state index is -0.491. The lowest BCUT2D eigenvalue weighted by atomic mass is 9.95. The quantitative estimate of drug-likeness (QED) is 0.361. The van der Waals surface area contributed by atoms with Crippen molar-refractivity contribution < 1.29 is 19.1 Å². The van der Waals surface area contributed by atoms with Gasteiger partial charge < -0.3 is 19.7 Å². The van der Waals surface area contributed by atoms with Crippen molar-refractivity contribution in [3.05, 3.63) is 59.2 Å². The van der Waals surface area contributed by atoms with E-state index >= 15 is 0 Å². The number of carbonyl (C=O) groups is 2. The molecular formula is C31H44N2O4. The molecule has 37 heavy (non-hydrogen) atoms. The van der Waals surface area contributed by atoms with E-state index in [2.05, 4.69) is 17.4 Å². The van der Waals surface area contributed by atoms with Gasteiger partial charge in [-0.3, -0.25) is 9.59 Å². The third-order valence-corrected chi connectivity index (χ3v) is 7.05. The van der Waals surface area contributed by atoms with Gasteiger partial charge in [0, 0.05) is 19.0 Å². The monoisotopic (exact) mass is 508 g/mol. The summed E-state index contributed by atoms with van der Waals surface area (Å²) in [5.41, 5.74) is 3.21. The average molecular weight is 509 g/mol. The maximum Gasteiger partial charge on any atom is 0.243 e. The summed E-state index contributed by atoms with van der Waals surface area (Å²) in [7, 11) is 0. The van der Waals surface area contributed by atoms with Crippen LogP contribution in [0.1, 0.15) is 82.4 Å². The van der Waals surface area contributed by atoms with Crippen LogP contribution >= 0.6 is 0 Å². The molecule has 1 atom stereocenters. The molecule has 0 spiro atoms. The number of carbonyl (C=O) groups excluding carboxylic acids is 2. The summed E-state index contributed by atoms with van der Waals surface area (Å²) >= 11 is 0. The number of hydrogen-bond acceptors (Lipinski definition) is 4. The van der Waals surface area contributed by atoms with E-state index in [1.165, 1.54) is 12.0 Å². The molecule has 1 saturated carbocycles. The van der Waals surface area contributed by atoms with Crippen LogP contribution in [-0.4, -0.2) is 42.0 Å². The maximum absolute atomic E-state index is 13.7. The van der Waals surface area contributed by atoms with Gasteiger partial charge in [0.2, 0.25) is 11.8 Å². The van der Waals surface area contributed by atoms with Gasteiger partial charge in [0.25, 0.3) is 0 Å². The van der Waals surface area contributed by atoms with Gasteiger partial charge in [0.05, 0.1) is 13.2 Å². The molecule has 1 aliphatic carbocycles. The van der Waals surface area contributed by atoms with Gasteiger partial charge in [-0.2, -0.15) is 0 Å². The van der Waals surface area contributed by atoms with Crippen LogP contribution in [-0.2, 0) is 22.6 Å². The van der Waals surface area contributed by atoms with Crippen molar-refractivity contribution in [3.63, 3.8) is 0 Å². The van der Waals surface area contributed by atoms with E-state index in [1.807, 2.05) is 58.0 Å². The molecule has 0 aliphatic heterocycles. The number of hydrogen-bond donors (Lipinski definition) is 1. The first-order valence-electron chi connectivity index (χ1n) is 14.0. The van der Waals surface area contributed by atoms with Crippen LogP contribution in [0.2, 0.25) is 0 Å². The molecular weight excluding hydrogens is 464 g/mol. The lowest BCUT2D eigenvalue weighted by Gasteiger charge is -2.33.